The fraction of sp³-hybridized carbons (Fsp3) is 0.133. The number of benzene rings is 2. The van der Waals surface area contributed by atoms with E-state index in [0.717, 1.165) is 18.2 Å². The van der Waals surface area contributed by atoms with Crippen molar-refractivity contribution in [3.8, 4) is 5.75 Å². The highest BCUT2D eigenvalue weighted by atomic mass is 35.5. The number of hydrogen-bond acceptors (Lipinski definition) is 3. The topological polar surface area (TPSA) is 95.9 Å². The summed E-state index contributed by atoms with van der Waals surface area (Å²) >= 11 is 5.77. The number of halogens is 7. The van der Waals surface area contributed by atoms with Gasteiger partial charge in [0.2, 0.25) is 0 Å². The van der Waals surface area contributed by atoms with Crippen LogP contribution in [-0.2, 0) is 16.9 Å². The first-order valence-corrected chi connectivity index (χ1v) is 9.12. The molecule has 2 aromatic carbocycles. The number of phosphoric acid groups is 1. The Kier molecular flexibility index (Phi) is 6.24. The molecule has 6 nitrogen and oxygen atoms in total. The first kappa shape index (κ1) is 23.0. The van der Waals surface area contributed by atoms with Crippen molar-refractivity contribution >= 4 is 31.0 Å². The van der Waals surface area contributed by atoms with Gasteiger partial charge in [0.25, 0.3) is 5.91 Å². The molecule has 2 aromatic rings. The highest BCUT2D eigenvalue weighted by Gasteiger charge is 2.37. The van der Waals surface area contributed by atoms with Gasteiger partial charge in [-0.25, -0.2) is 4.57 Å². The van der Waals surface area contributed by atoms with Gasteiger partial charge in [-0.1, -0.05) is 11.6 Å². The number of anilines is 1. The molecule has 0 fully saturated rings. The number of nitrogens with one attached hydrogen (secondary N) is 1. The van der Waals surface area contributed by atoms with Crippen LogP contribution in [0.25, 0.3) is 0 Å². The van der Waals surface area contributed by atoms with Gasteiger partial charge in [0.1, 0.15) is 5.75 Å². The molecule has 2 rings (SSSR count). The quantitative estimate of drug-likeness (QED) is 0.433. The minimum absolute atomic E-state index is 0.114. The maximum absolute atomic E-state index is 12.9. The molecule has 0 saturated carbocycles. The summed E-state index contributed by atoms with van der Waals surface area (Å²) in [5.74, 6) is -1.74. The number of carbonyl (C=O) groups is 1. The molecule has 0 aromatic heterocycles. The molecule has 0 atom stereocenters. The molecule has 3 N–H and O–H groups in total. The number of carbonyl (C=O) groups excluding carboxylic acids is 1. The average molecular weight is 464 g/mol. The molecule has 0 saturated heterocycles. The van der Waals surface area contributed by atoms with Crippen LogP contribution in [0.1, 0.15) is 21.5 Å². The van der Waals surface area contributed by atoms with Crippen LogP contribution in [0.4, 0.5) is 32.0 Å². The molecule has 0 radical (unpaired) electrons. The maximum atomic E-state index is 12.9. The SMILES string of the molecule is O=C(Nc1cc(C(F)(F)F)cc(C(F)(F)F)c1)c1cc(OP(=O)(O)O)ccc1Cl. The number of alkyl halides is 6. The Balaban J connectivity index is 2.42. The fourth-order valence-corrected chi connectivity index (χ4v) is 2.69. The Morgan fingerprint density at radius 3 is 1.93 bits per heavy atom. The first-order valence-electron chi connectivity index (χ1n) is 7.22. The van der Waals surface area contributed by atoms with E-state index in [-0.39, 0.29) is 23.2 Å². The third-order valence-corrected chi connectivity index (χ3v) is 4.03. The lowest BCUT2D eigenvalue weighted by Gasteiger charge is -2.15. The second-order valence-electron chi connectivity index (χ2n) is 5.47. The molecule has 0 unspecified atom stereocenters. The van der Waals surface area contributed by atoms with E-state index >= 15 is 0 Å². The Hall–Kier alpha value is -2.27. The smallest absolute Gasteiger partial charge is 0.404 e. The van der Waals surface area contributed by atoms with Gasteiger partial charge in [-0.3, -0.25) is 14.6 Å². The molecule has 0 aliphatic heterocycles. The van der Waals surface area contributed by atoms with Crippen LogP contribution in [0.3, 0.4) is 0 Å². The summed E-state index contributed by atoms with van der Waals surface area (Å²) in [5.41, 5.74) is -4.63. The van der Waals surface area contributed by atoms with Gasteiger partial charge in [0.15, 0.2) is 0 Å². The molecule has 0 heterocycles. The third-order valence-electron chi connectivity index (χ3n) is 3.25. The van der Waals surface area contributed by atoms with E-state index in [1.165, 1.54) is 0 Å². The summed E-state index contributed by atoms with van der Waals surface area (Å²) in [6, 6.07) is 3.21. The number of amides is 1. The zero-order chi connectivity index (χ0) is 22.2. The number of hydrogen-bond donors (Lipinski definition) is 3. The molecule has 0 spiro atoms. The summed E-state index contributed by atoms with van der Waals surface area (Å²) in [6.45, 7) is 0. The number of phosphoric ester groups is 1. The Bertz CT molecular complexity index is 956. The van der Waals surface area contributed by atoms with E-state index in [4.69, 9.17) is 21.4 Å². The Labute approximate surface area is 163 Å². The normalized spacial score (nSPS) is 12.6. The van der Waals surface area contributed by atoms with Gasteiger partial charge in [0, 0.05) is 5.69 Å². The second-order valence-corrected chi connectivity index (χ2v) is 7.04. The number of rotatable bonds is 4. The first-order chi connectivity index (χ1) is 13.1. The van der Waals surface area contributed by atoms with E-state index in [0.29, 0.717) is 0 Å². The Morgan fingerprint density at radius 2 is 1.48 bits per heavy atom. The standard InChI is InChI=1S/C15H9ClF6NO5P/c16-12-2-1-10(28-29(25,26)27)6-11(12)13(24)23-9-4-7(14(17,18)19)3-8(5-9)15(20,21)22/h1-6H,(H,23,24)(H2,25,26,27). The van der Waals surface area contributed by atoms with Crippen LogP contribution in [0.2, 0.25) is 5.02 Å². The van der Waals surface area contributed by atoms with Crippen molar-refractivity contribution in [1.29, 1.82) is 0 Å². The van der Waals surface area contributed by atoms with Crippen molar-refractivity contribution in [1.82, 2.24) is 0 Å². The molecule has 29 heavy (non-hydrogen) atoms. The van der Waals surface area contributed by atoms with Crippen LogP contribution in [-0.4, -0.2) is 15.7 Å². The zero-order valence-electron chi connectivity index (χ0n) is 13.7. The van der Waals surface area contributed by atoms with Crippen molar-refractivity contribution < 1.29 is 50.0 Å². The van der Waals surface area contributed by atoms with E-state index in [1.54, 1.807) is 0 Å². The van der Waals surface area contributed by atoms with Crippen molar-refractivity contribution in [3.05, 3.63) is 58.1 Å². The van der Waals surface area contributed by atoms with Gasteiger partial charge in [-0.05, 0) is 36.4 Å². The average Bonchev–Trinajstić information content (AvgIpc) is 2.53. The molecular formula is C15H9ClF6NO5P. The van der Waals surface area contributed by atoms with E-state index < -0.39 is 54.2 Å². The summed E-state index contributed by atoms with van der Waals surface area (Å²) in [5, 5.41) is 1.54. The minimum Gasteiger partial charge on any atom is -0.404 e. The lowest BCUT2D eigenvalue weighted by molar-refractivity contribution is -0.143. The monoisotopic (exact) mass is 463 g/mol. The summed E-state index contributed by atoms with van der Waals surface area (Å²) < 4.78 is 92.4. The van der Waals surface area contributed by atoms with Gasteiger partial charge in [-0.2, -0.15) is 26.3 Å². The molecule has 0 bridgehead atoms. The maximum Gasteiger partial charge on any atom is 0.524 e. The lowest BCUT2D eigenvalue weighted by atomic mass is 10.1. The highest BCUT2D eigenvalue weighted by molar-refractivity contribution is 7.46. The predicted octanol–water partition coefficient (Wildman–Crippen LogP) is 5.10. The lowest BCUT2D eigenvalue weighted by Crippen LogP contribution is -2.16. The fourth-order valence-electron chi connectivity index (χ4n) is 2.10. The van der Waals surface area contributed by atoms with Gasteiger partial charge >= 0.3 is 20.2 Å². The molecule has 0 aliphatic rings. The molecular weight excluding hydrogens is 455 g/mol. The van der Waals surface area contributed by atoms with Gasteiger partial charge < -0.3 is 9.84 Å². The van der Waals surface area contributed by atoms with Gasteiger partial charge in [0.05, 0.1) is 21.7 Å². The van der Waals surface area contributed by atoms with E-state index in [1.807, 2.05) is 5.32 Å². The van der Waals surface area contributed by atoms with Crippen molar-refractivity contribution in [2.24, 2.45) is 0 Å². The van der Waals surface area contributed by atoms with Crippen LogP contribution in [0.5, 0.6) is 5.75 Å². The molecule has 158 valence electrons. The molecule has 0 aliphatic carbocycles. The Morgan fingerprint density at radius 1 is 0.966 bits per heavy atom. The summed E-state index contributed by atoms with van der Waals surface area (Å²) in [7, 11) is -4.99. The van der Waals surface area contributed by atoms with Crippen LogP contribution in [0, 0.1) is 0 Å². The van der Waals surface area contributed by atoms with Crippen molar-refractivity contribution in [2.45, 2.75) is 12.4 Å². The van der Waals surface area contributed by atoms with E-state index in [9.17, 15) is 35.7 Å². The second kappa shape index (κ2) is 7.86. The summed E-state index contributed by atoms with van der Waals surface area (Å²) in [4.78, 5) is 29.8. The third kappa shape index (κ3) is 6.36. The van der Waals surface area contributed by atoms with Crippen molar-refractivity contribution in [2.75, 3.05) is 5.32 Å². The van der Waals surface area contributed by atoms with Crippen molar-refractivity contribution in [3.63, 3.8) is 0 Å². The van der Waals surface area contributed by atoms with Crippen LogP contribution >= 0.6 is 19.4 Å². The molecule has 14 heteroatoms. The van der Waals surface area contributed by atoms with Gasteiger partial charge in [-0.15, -0.1) is 0 Å². The van der Waals surface area contributed by atoms with Crippen LogP contribution < -0.4 is 9.84 Å². The molecule has 1 amide bonds. The van der Waals surface area contributed by atoms with Crippen LogP contribution in [0.15, 0.2) is 36.4 Å². The largest absolute Gasteiger partial charge is 0.524 e. The highest BCUT2D eigenvalue weighted by Crippen LogP contribution is 2.39. The van der Waals surface area contributed by atoms with E-state index in [2.05, 4.69) is 4.52 Å². The summed E-state index contributed by atoms with van der Waals surface area (Å²) in [6.07, 6.45) is -10.2. The predicted molar refractivity (Wildman–Crippen MR) is 88.5 cm³/mol. The minimum atomic E-state index is -5.12. The zero-order valence-corrected chi connectivity index (χ0v) is 15.3.